The fourth-order valence-electron chi connectivity index (χ4n) is 2.54. The average Bonchev–Trinajstić information content (AvgIpc) is 2.42. The molecule has 1 fully saturated rings. The second-order valence-corrected chi connectivity index (χ2v) is 7.57. The quantitative estimate of drug-likeness (QED) is 0.656. The summed E-state index contributed by atoms with van der Waals surface area (Å²) in [7, 11) is 0. The Bertz CT molecular complexity index is 459. The molecule has 3 nitrogen and oxygen atoms in total. The lowest BCUT2D eigenvalue weighted by Crippen LogP contribution is -2.40. The minimum atomic E-state index is 0.197. The maximum absolute atomic E-state index is 8.86. The van der Waals surface area contributed by atoms with Crippen LogP contribution in [0.2, 0.25) is 0 Å². The zero-order valence-electron chi connectivity index (χ0n) is 11.1. The van der Waals surface area contributed by atoms with Crippen LogP contribution in [0.4, 0.5) is 0 Å². The molecule has 0 saturated carbocycles. The summed E-state index contributed by atoms with van der Waals surface area (Å²) in [5.41, 5.74) is 8.21. The number of alkyl halides is 1. The van der Waals surface area contributed by atoms with Gasteiger partial charge in [-0.2, -0.15) is 5.26 Å². The van der Waals surface area contributed by atoms with Crippen LogP contribution in [-0.2, 0) is 13.1 Å². The molecule has 102 valence electrons. The van der Waals surface area contributed by atoms with Gasteiger partial charge in [0, 0.05) is 22.9 Å². The highest BCUT2D eigenvalue weighted by Crippen LogP contribution is 2.35. The molecule has 2 rings (SSSR count). The Kier molecular flexibility index (Phi) is 5.20. The third kappa shape index (κ3) is 4.16. The molecule has 0 aliphatic carbocycles. The number of likely N-dealkylation sites (tertiary alicyclic amines) is 1. The van der Waals surface area contributed by atoms with Gasteiger partial charge in [-0.15, -0.1) is 0 Å². The number of nitriles is 1. The first kappa shape index (κ1) is 14.8. The van der Waals surface area contributed by atoms with E-state index in [1.807, 2.05) is 0 Å². The predicted octanol–water partition coefficient (Wildman–Crippen LogP) is 2.83. The number of rotatable bonds is 4. The van der Waals surface area contributed by atoms with Gasteiger partial charge < -0.3 is 5.73 Å². The molecule has 1 aliphatic heterocycles. The van der Waals surface area contributed by atoms with E-state index in [4.69, 9.17) is 11.0 Å². The second-order valence-electron chi connectivity index (χ2n) is 5.29. The van der Waals surface area contributed by atoms with Gasteiger partial charge in [0.1, 0.15) is 0 Å². The van der Waals surface area contributed by atoms with Crippen LogP contribution >= 0.6 is 22.6 Å². The second kappa shape index (κ2) is 6.69. The summed E-state index contributed by atoms with van der Waals surface area (Å²) in [5.74, 6) is 0. The predicted molar refractivity (Wildman–Crippen MR) is 85.8 cm³/mol. The fourth-order valence-corrected chi connectivity index (χ4v) is 3.20. The number of nitrogens with two attached hydrogens (primary N) is 1. The van der Waals surface area contributed by atoms with Crippen LogP contribution < -0.4 is 5.73 Å². The molecular weight excluding hydrogens is 349 g/mol. The molecule has 4 heteroatoms. The van der Waals surface area contributed by atoms with Gasteiger partial charge in [-0.05, 0) is 37.1 Å². The molecule has 0 unspecified atom stereocenters. The van der Waals surface area contributed by atoms with E-state index in [1.54, 1.807) is 0 Å². The van der Waals surface area contributed by atoms with Gasteiger partial charge in [0.05, 0.1) is 6.07 Å². The molecule has 19 heavy (non-hydrogen) atoms. The van der Waals surface area contributed by atoms with Gasteiger partial charge in [-0.25, -0.2) is 0 Å². The van der Waals surface area contributed by atoms with Crippen molar-refractivity contribution in [2.75, 3.05) is 13.1 Å². The highest BCUT2D eigenvalue weighted by Gasteiger charge is 2.31. The molecule has 0 aromatic heterocycles. The summed E-state index contributed by atoms with van der Waals surface area (Å²) in [5, 5.41) is 8.86. The first-order valence-corrected chi connectivity index (χ1v) is 7.79. The Morgan fingerprint density at radius 1 is 1.32 bits per heavy atom. The van der Waals surface area contributed by atoms with E-state index in [0.717, 1.165) is 32.5 Å². The molecule has 0 atom stereocenters. The Labute approximate surface area is 128 Å². The summed E-state index contributed by atoms with van der Waals surface area (Å²) >= 11 is 2.48. The molecular formula is C15H20IN3. The van der Waals surface area contributed by atoms with E-state index in [-0.39, 0.29) is 3.42 Å². The zero-order valence-corrected chi connectivity index (χ0v) is 13.3. The summed E-state index contributed by atoms with van der Waals surface area (Å²) in [4.78, 5) is 2.48. The standard InChI is InChI=1S/C15H20IN3/c16-15(4-7-17)5-8-19(9-6-15)12-14-3-1-2-13(10-14)11-18/h1-3,10H,4-6,8-9,11-12,18H2. The molecule has 0 amide bonds. The average molecular weight is 369 g/mol. The zero-order chi connectivity index (χ0) is 13.7. The molecule has 1 saturated heterocycles. The highest BCUT2D eigenvalue weighted by atomic mass is 127. The van der Waals surface area contributed by atoms with Crippen LogP contribution in [0.25, 0.3) is 0 Å². The summed E-state index contributed by atoms with van der Waals surface area (Å²) < 4.78 is 0.197. The molecule has 1 aliphatic rings. The Morgan fingerprint density at radius 3 is 2.63 bits per heavy atom. The van der Waals surface area contributed by atoms with Crippen molar-refractivity contribution in [1.29, 1.82) is 5.26 Å². The summed E-state index contributed by atoms with van der Waals surface area (Å²) in [6, 6.07) is 10.8. The van der Waals surface area contributed by atoms with Crippen LogP contribution in [0.15, 0.2) is 24.3 Å². The largest absolute Gasteiger partial charge is 0.326 e. The summed E-state index contributed by atoms with van der Waals surface area (Å²) in [6.45, 7) is 3.76. The van der Waals surface area contributed by atoms with Gasteiger partial charge in [0.2, 0.25) is 0 Å². The number of benzene rings is 1. The van der Waals surface area contributed by atoms with E-state index in [2.05, 4.69) is 57.8 Å². The number of hydrogen-bond acceptors (Lipinski definition) is 3. The van der Waals surface area contributed by atoms with Crippen molar-refractivity contribution in [2.24, 2.45) is 5.73 Å². The topological polar surface area (TPSA) is 53.0 Å². The Morgan fingerprint density at radius 2 is 2.00 bits per heavy atom. The number of hydrogen-bond donors (Lipinski definition) is 1. The van der Waals surface area contributed by atoms with Crippen LogP contribution in [0, 0.1) is 11.3 Å². The van der Waals surface area contributed by atoms with Crippen molar-refractivity contribution in [3.8, 4) is 6.07 Å². The molecule has 2 N–H and O–H groups in total. The van der Waals surface area contributed by atoms with Crippen LogP contribution in [0.3, 0.4) is 0 Å². The third-order valence-electron chi connectivity index (χ3n) is 3.78. The van der Waals surface area contributed by atoms with Gasteiger partial charge in [-0.1, -0.05) is 46.9 Å². The maximum atomic E-state index is 8.86. The molecule has 1 heterocycles. The highest BCUT2D eigenvalue weighted by molar-refractivity contribution is 14.1. The molecule has 1 aromatic carbocycles. The minimum Gasteiger partial charge on any atom is -0.326 e. The first-order valence-electron chi connectivity index (χ1n) is 6.71. The normalized spacial score (nSPS) is 19.0. The third-order valence-corrected chi connectivity index (χ3v) is 5.24. The monoisotopic (exact) mass is 369 g/mol. The first-order chi connectivity index (χ1) is 9.15. The Hall–Kier alpha value is -0.640. The smallest absolute Gasteiger partial charge is 0.0635 e. The summed E-state index contributed by atoms with van der Waals surface area (Å²) in [6.07, 6.45) is 2.89. The van der Waals surface area contributed by atoms with Gasteiger partial charge in [0.15, 0.2) is 0 Å². The lowest BCUT2D eigenvalue weighted by molar-refractivity contribution is 0.199. The lowest BCUT2D eigenvalue weighted by Gasteiger charge is -2.36. The Balaban J connectivity index is 1.90. The van der Waals surface area contributed by atoms with Gasteiger partial charge in [-0.3, -0.25) is 4.90 Å². The van der Waals surface area contributed by atoms with Crippen molar-refractivity contribution in [3.05, 3.63) is 35.4 Å². The van der Waals surface area contributed by atoms with Crippen molar-refractivity contribution in [1.82, 2.24) is 4.90 Å². The maximum Gasteiger partial charge on any atom is 0.0635 e. The van der Waals surface area contributed by atoms with E-state index in [9.17, 15) is 0 Å². The van der Waals surface area contributed by atoms with Crippen molar-refractivity contribution < 1.29 is 0 Å². The lowest BCUT2D eigenvalue weighted by atomic mass is 9.93. The molecule has 1 aromatic rings. The van der Waals surface area contributed by atoms with Crippen molar-refractivity contribution in [2.45, 2.75) is 35.8 Å². The van der Waals surface area contributed by atoms with Gasteiger partial charge in [0.25, 0.3) is 0 Å². The fraction of sp³-hybridized carbons (Fsp3) is 0.533. The van der Waals surface area contributed by atoms with Gasteiger partial charge >= 0.3 is 0 Å². The minimum absolute atomic E-state index is 0.197. The SMILES string of the molecule is N#CCC1(I)CCN(Cc2cccc(CN)c2)CC1. The van der Waals surface area contributed by atoms with Crippen LogP contribution in [0.5, 0.6) is 0 Å². The molecule has 0 bridgehead atoms. The van der Waals surface area contributed by atoms with E-state index >= 15 is 0 Å². The number of halogens is 1. The molecule has 0 radical (unpaired) electrons. The van der Waals surface area contributed by atoms with Crippen molar-refractivity contribution >= 4 is 22.6 Å². The van der Waals surface area contributed by atoms with E-state index in [0.29, 0.717) is 13.0 Å². The van der Waals surface area contributed by atoms with Crippen molar-refractivity contribution in [3.63, 3.8) is 0 Å². The van der Waals surface area contributed by atoms with Crippen LogP contribution in [0.1, 0.15) is 30.4 Å². The van der Waals surface area contributed by atoms with Crippen LogP contribution in [-0.4, -0.2) is 21.4 Å². The number of piperidine rings is 1. The molecule has 0 spiro atoms. The number of nitrogens with zero attached hydrogens (tertiary/aromatic N) is 2. The van der Waals surface area contributed by atoms with E-state index < -0.39 is 0 Å². The van der Waals surface area contributed by atoms with E-state index in [1.165, 1.54) is 11.1 Å².